The van der Waals surface area contributed by atoms with Crippen molar-refractivity contribution >= 4 is 58.4 Å². The van der Waals surface area contributed by atoms with Crippen LogP contribution in [0.25, 0.3) is 45.6 Å². The summed E-state index contributed by atoms with van der Waals surface area (Å²) in [6.45, 7) is 0.0120. The van der Waals surface area contributed by atoms with Gasteiger partial charge in [-0.25, -0.2) is 0 Å². The first-order chi connectivity index (χ1) is 29.8. The van der Waals surface area contributed by atoms with Crippen LogP contribution >= 0.6 is 0 Å². The Morgan fingerprint density at radius 3 is 0.967 bits per heavy atom. The zero-order valence-electron chi connectivity index (χ0n) is 33.3. The highest BCUT2D eigenvalue weighted by Crippen LogP contribution is 2.33. The van der Waals surface area contributed by atoms with Crippen molar-refractivity contribution < 1.29 is 0 Å². The molecule has 7 aromatic carbocycles. The molecule has 2 heterocycles. The lowest BCUT2D eigenvalue weighted by molar-refractivity contribution is 1.30. The number of aromatic nitrogens is 2. The van der Waals surface area contributed by atoms with E-state index < -0.39 is 0 Å². The Hall–Kier alpha value is -7.55. The summed E-state index contributed by atoms with van der Waals surface area (Å²) in [5, 5.41) is 0. The number of pyridine rings is 2. The van der Waals surface area contributed by atoms with Gasteiger partial charge in [0.25, 0.3) is 0 Å². The Morgan fingerprint density at radius 1 is 0.317 bits per heavy atom. The van der Waals surface area contributed by atoms with Crippen molar-refractivity contribution in [3.8, 4) is 22.5 Å². The highest BCUT2D eigenvalue weighted by molar-refractivity contribution is 7.01. The minimum atomic E-state index is 0.00598. The Kier molecular flexibility index (Phi) is 11.6. The molecule has 0 unspecified atom stereocenters. The van der Waals surface area contributed by atoms with Crippen LogP contribution in [-0.4, -0.2) is 23.4 Å². The Balaban J connectivity index is 1.18. The first kappa shape index (κ1) is 38.0. The maximum Gasteiger partial charge on any atom is 0.241 e. The van der Waals surface area contributed by atoms with Gasteiger partial charge < -0.3 is 0 Å². The van der Waals surface area contributed by atoms with Gasteiger partial charge in [-0.2, -0.15) is 0 Å². The minimum absolute atomic E-state index is 0.00598. The largest absolute Gasteiger partial charge is 0.256 e. The molecule has 0 amide bonds. The molecule has 0 fully saturated rings. The third kappa shape index (κ3) is 8.50. The fourth-order valence-corrected chi connectivity index (χ4v) is 8.31. The molecule has 0 aliphatic heterocycles. The van der Waals surface area contributed by atoms with Gasteiger partial charge in [0.05, 0.1) is 11.4 Å². The molecule has 0 aliphatic rings. The molecule has 0 N–H and O–H groups in total. The van der Waals surface area contributed by atoms with E-state index in [4.69, 9.17) is 9.97 Å². The van der Waals surface area contributed by atoms with Gasteiger partial charge in [-0.3, -0.25) is 9.97 Å². The molecule has 0 saturated carbocycles. The van der Waals surface area contributed by atoms with Crippen LogP contribution in [0.1, 0.15) is 22.3 Å². The molecule has 0 radical (unpaired) electrons. The van der Waals surface area contributed by atoms with Gasteiger partial charge in [-0.05, 0) is 29.3 Å². The lowest BCUT2D eigenvalue weighted by atomic mass is 9.35. The van der Waals surface area contributed by atoms with Crippen molar-refractivity contribution in [2.75, 3.05) is 0 Å². The SMILES string of the molecule is C(=C(/B(c1ccccc1)c1ccccc1)c1ccccc1)/c1cccnc1-c1cccc(-c2ncccc2/C=C(\B(c2ccccc2)c2ccccc2)c2ccccc2)c1. The summed E-state index contributed by atoms with van der Waals surface area (Å²) in [6, 6.07) is 81.8. The van der Waals surface area contributed by atoms with E-state index in [-0.39, 0.29) is 13.4 Å². The highest BCUT2D eigenvalue weighted by atomic mass is 14.7. The van der Waals surface area contributed by atoms with E-state index in [1.807, 2.05) is 24.5 Å². The average molecular weight is 765 g/mol. The van der Waals surface area contributed by atoms with Crippen LogP contribution in [0, 0.1) is 0 Å². The molecular formula is C56H42B2N2. The smallest absolute Gasteiger partial charge is 0.241 e. The standard InChI is InChI=1S/C56H42B2N2/c1-7-22-43(23-8-1)53(57(49-30-11-3-12-31-49)50-32-13-4-14-33-50)41-47-28-20-38-59-55(47)45-26-19-27-46(40-45)56-48(29-21-39-60-56)42-54(44-24-9-2-10-25-44)58(51-34-15-5-16-35-51)52-36-17-6-18-37-52/h1-42H/b53-41-,54-42-. The third-order valence-corrected chi connectivity index (χ3v) is 11.1. The van der Waals surface area contributed by atoms with Crippen LogP contribution in [0.4, 0.5) is 0 Å². The van der Waals surface area contributed by atoms with Crippen LogP contribution in [0.3, 0.4) is 0 Å². The topological polar surface area (TPSA) is 25.8 Å². The number of hydrogen-bond donors (Lipinski definition) is 0. The Morgan fingerprint density at radius 2 is 0.633 bits per heavy atom. The molecule has 2 aromatic heterocycles. The second kappa shape index (κ2) is 18.4. The normalized spacial score (nSPS) is 11.5. The summed E-state index contributed by atoms with van der Waals surface area (Å²) >= 11 is 0. The molecule has 60 heavy (non-hydrogen) atoms. The van der Waals surface area contributed by atoms with Gasteiger partial charge in [0.2, 0.25) is 13.4 Å². The van der Waals surface area contributed by atoms with Crippen molar-refractivity contribution in [2.24, 2.45) is 0 Å². The first-order valence-electron chi connectivity index (χ1n) is 20.5. The van der Waals surface area contributed by atoms with E-state index in [0.29, 0.717) is 0 Å². The van der Waals surface area contributed by atoms with Crippen LogP contribution < -0.4 is 21.9 Å². The van der Waals surface area contributed by atoms with Crippen molar-refractivity contribution in [2.45, 2.75) is 0 Å². The second-order valence-electron chi connectivity index (χ2n) is 14.9. The van der Waals surface area contributed by atoms with Gasteiger partial charge in [0.15, 0.2) is 0 Å². The van der Waals surface area contributed by atoms with Crippen LogP contribution in [0.5, 0.6) is 0 Å². The second-order valence-corrected chi connectivity index (χ2v) is 14.9. The van der Waals surface area contributed by atoms with E-state index in [1.165, 1.54) is 43.9 Å². The number of benzene rings is 7. The van der Waals surface area contributed by atoms with Crippen molar-refractivity contribution in [1.82, 2.24) is 9.97 Å². The quantitative estimate of drug-likeness (QED) is 0.116. The molecule has 282 valence electrons. The monoisotopic (exact) mass is 764 g/mol. The summed E-state index contributed by atoms with van der Waals surface area (Å²) in [5.41, 5.74) is 15.7. The van der Waals surface area contributed by atoms with Gasteiger partial charge in [0.1, 0.15) is 0 Å². The van der Waals surface area contributed by atoms with Crippen molar-refractivity contribution in [3.05, 3.63) is 265 Å². The minimum Gasteiger partial charge on any atom is -0.256 e. The van der Waals surface area contributed by atoms with Crippen LogP contribution in [-0.2, 0) is 0 Å². The molecule has 0 aliphatic carbocycles. The predicted octanol–water partition coefficient (Wildman–Crippen LogP) is 10.6. The molecule has 9 aromatic rings. The molecule has 0 spiro atoms. The van der Waals surface area contributed by atoms with Gasteiger partial charge in [-0.15, -0.1) is 0 Å². The Bertz CT molecular complexity index is 2570. The van der Waals surface area contributed by atoms with Gasteiger partial charge in [0, 0.05) is 34.6 Å². The maximum absolute atomic E-state index is 5.06. The predicted molar refractivity (Wildman–Crippen MR) is 257 cm³/mol. The molecule has 0 saturated heterocycles. The Labute approximate surface area is 354 Å². The summed E-state index contributed by atoms with van der Waals surface area (Å²) in [4.78, 5) is 10.1. The summed E-state index contributed by atoms with van der Waals surface area (Å²) in [6.07, 6.45) is 8.45. The molecule has 4 heteroatoms. The average Bonchev–Trinajstić information content (AvgIpc) is 3.33. The fourth-order valence-electron chi connectivity index (χ4n) is 8.31. The van der Waals surface area contributed by atoms with Crippen LogP contribution in [0.15, 0.2) is 243 Å². The number of rotatable bonds is 12. The first-order valence-corrected chi connectivity index (χ1v) is 20.5. The van der Waals surface area contributed by atoms with E-state index >= 15 is 0 Å². The molecule has 9 rings (SSSR count). The number of hydrogen-bond acceptors (Lipinski definition) is 2. The van der Waals surface area contributed by atoms with Crippen molar-refractivity contribution in [1.29, 1.82) is 0 Å². The lowest BCUT2D eigenvalue weighted by Crippen LogP contribution is -2.43. The van der Waals surface area contributed by atoms with E-state index in [0.717, 1.165) is 33.6 Å². The lowest BCUT2D eigenvalue weighted by Gasteiger charge is -2.20. The van der Waals surface area contributed by atoms with Crippen LogP contribution in [0.2, 0.25) is 0 Å². The van der Waals surface area contributed by atoms with E-state index in [2.05, 4.69) is 231 Å². The summed E-state index contributed by atoms with van der Waals surface area (Å²) in [7, 11) is 0. The van der Waals surface area contributed by atoms with Gasteiger partial charge >= 0.3 is 0 Å². The highest BCUT2D eigenvalue weighted by Gasteiger charge is 2.27. The zero-order valence-corrected chi connectivity index (χ0v) is 33.3. The summed E-state index contributed by atoms with van der Waals surface area (Å²) < 4.78 is 0. The molecule has 2 nitrogen and oxygen atoms in total. The molecule has 0 atom stereocenters. The van der Waals surface area contributed by atoms with E-state index in [1.54, 1.807) is 0 Å². The molecular weight excluding hydrogens is 722 g/mol. The van der Waals surface area contributed by atoms with E-state index in [9.17, 15) is 0 Å². The fraction of sp³-hybridized carbons (Fsp3) is 0. The molecule has 0 bridgehead atoms. The maximum atomic E-state index is 5.06. The van der Waals surface area contributed by atoms with Gasteiger partial charge in [-0.1, -0.05) is 257 Å². The third-order valence-electron chi connectivity index (χ3n) is 11.1. The summed E-state index contributed by atoms with van der Waals surface area (Å²) in [5.74, 6) is 0. The number of nitrogens with zero attached hydrogens (tertiary/aromatic N) is 2. The zero-order chi connectivity index (χ0) is 40.4. The van der Waals surface area contributed by atoms with Crippen molar-refractivity contribution in [3.63, 3.8) is 0 Å².